The molecule has 0 aliphatic carbocycles. The van der Waals surface area contributed by atoms with Crippen molar-refractivity contribution in [2.24, 2.45) is 5.84 Å². The molecule has 1 aromatic rings. The van der Waals surface area contributed by atoms with E-state index in [0.29, 0.717) is 5.56 Å². The van der Waals surface area contributed by atoms with Gasteiger partial charge in [0.2, 0.25) is 0 Å². The van der Waals surface area contributed by atoms with Crippen LogP contribution in [0.3, 0.4) is 0 Å². The van der Waals surface area contributed by atoms with Crippen LogP contribution < -0.4 is 11.3 Å². The lowest BCUT2D eigenvalue weighted by Gasteiger charge is -2.21. The zero-order valence-electron chi connectivity index (χ0n) is 10.2. The summed E-state index contributed by atoms with van der Waals surface area (Å²) in [5.41, 5.74) is 2.72. The van der Waals surface area contributed by atoms with Gasteiger partial charge in [0.15, 0.2) is 9.84 Å². The second-order valence-electron chi connectivity index (χ2n) is 4.29. The first-order valence-electron chi connectivity index (χ1n) is 5.34. The summed E-state index contributed by atoms with van der Waals surface area (Å²) in [6, 6.07) is 2.46. The molecule has 1 aromatic carbocycles. The van der Waals surface area contributed by atoms with Crippen molar-refractivity contribution in [1.82, 2.24) is 5.43 Å². The molecular weight excluding hydrogens is 262 g/mol. The summed E-state index contributed by atoms with van der Waals surface area (Å²) >= 11 is 0. The number of hydrogen-bond acceptors (Lipinski definition) is 4. The molecule has 0 bridgehead atoms. The van der Waals surface area contributed by atoms with E-state index in [-0.39, 0.29) is 6.42 Å². The molecule has 102 valence electrons. The number of sulfone groups is 1. The van der Waals surface area contributed by atoms with Gasteiger partial charge in [-0.05, 0) is 31.0 Å². The summed E-state index contributed by atoms with van der Waals surface area (Å²) in [7, 11) is -3.28. The van der Waals surface area contributed by atoms with E-state index in [4.69, 9.17) is 5.84 Å². The zero-order valence-corrected chi connectivity index (χ0v) is 11.0. The van der Waals surface area contributed by atoms with E-state index in [1.807, 2.05) is 0 Å². The van der Waals surface area contributed by atoms with Crippen LogP contribution in [0.2, 0.25) is 0 Å². The summed E-state index contributed by atoms with van der Waals surface area (Å²) < 4.78 is 48.8. The van der Waals surface area contributed by atoms with E-state index < -0.39 is 32.8 Å². The van der Waals surface area contributed by atoms with E-state index in [9.17, 15) is 17.2 Å². The van der Waals surface area contributed by atoms with Gasteiger partial charge in [0.25, 0.3) is 0 Å². The minimum Gasteiger partial charge on any atom is -0.271 e. The third-order valence-corrected chi connectivity index (χ3v) is 4.51. The van der Waals surface area contributed by atoms with Crippen LogP contribution in [0.1, 0.15) is 12.5 Å². The Morgan fingerprint density at radius 2 is 1.78 bits per heavy atom. The first-order valence-corrected chi connectivity index (χ1v) is 7.29. The predicted octanol–water partition coefficient (Wildman–Crippen LogP) is 0.772. The monoisotopic (exact) mass is 278 g/mol. The van der Waals surface area contributed by atoms with Gasteiger partial charge in [0.1, 0.15) is 11.6 Å². The largest absolute Gasteiger partial charge is 0.271 e. The van der Waals surface area contributed by atoms with Crippen LogP contribution in [0.4, 0.5) is 8.78 Å². The molecule has 0 spiro atoms. The van der Waals surface area contributed by atoms with Crippen LogP contribution in [0.5, 0.6) is 0 Å². The number of halogens is 2. The van der Waals surface area contributed by atoms with Crippen LogP contribution in [-0.4, -0.2) is 26.0 Å². The quantitative estimate of drug-likeness (QED) is 0.616. The molecule has 7 heteroatoms. The van der Waals surface area contributed by atoms with Gasteiger partial charge in [-0.1, -0.05) is 0 Å². The molecule has 0 saturated heterocycles. The maximum Gasteiger partial charge on any atom is 0.151 e. The molecule has 0 aliphatic heterocycles. The summed E-state index contributed by atoms with van der Waals surface area (Å²) in [4.78, 5) is 0. The Balaban J connectivity index is 2.93. The molecule has 2 atom stereocenters. The molecule has 0 aromatic heterocycles. The van der Waals surface area contributed by atoms with Gasteiger partial charge in [-0.25, -0.2) is 17.2 Å². The third-order valence-electron chi connectivity index (χ3n) is 2.83. The normalized spacial score (nSPS) is 15.4. The molecule has 0 saturated carbocycles. The fourth-order valence-corrected chi connectivity index (χ4v) is 2.41. The molecule has 4 nitrogen and oxygen atoms in total. The number of benzene rings is 1. The van der Waals surface area contributed by atoms with Crippen LogP contribution in [-0.2, 0) is 16.3 Å². The van der Waals surface area contributed by atoms with Crippen molar-refractivity contribution < 1.29 is 17.2 Å². The van der Waals surface area contributed by atoms with Crippen molar-refractivity contribution in [3.63, 3.8) is 0 Å². The molecule has 0 fully saturated rings. The molecule has 0 amide bonds. The van der Waals surface area contributed by atoms with Crippen LogP contribution >= 0.6 is 0 Å². The fraction of sp³-hybridized carbons (Fsp3) is 0.455. The SMILES string of the molecule is CC(C(Cc1cc(F)cc(F)c1)NN)S(C)(=O)=O. The molecule has 2 unspecified atom stereocenters. The van der Waals surface area contributed by atoms with Gasteiger partial charge >= 0.3 is 0 Å². The first-order chi connectivity index (χ1) is 8.24. The van der Waals surface area contributed by atoms with Gasteiger partial charge in [-0.3, -0.25) is 11.3 Å². The summed E-state index contributed by atoms with van der Waals surface area (Å²) in [6.45, 7) is 1.50. The topological polar surface area (TPSA) is 72.2 Å². The lowest BCUT2D eigenvalue weighted by Crippen LogP contribution is -2.47. The number of nitrogens with one attached hydrogen (secondary N) is 1. The van der Waals surface area contributed by atoms with Gasteiger partial charge in [0.05, 0.1) is 5.25 Å². The highest BCUT2D eigenvalue weighted by Gasteiger charge is 2.25. The predicted molar refractivity (Wildman–Crippen MR) is 65.5 cm³/mol. The van der Waals surface area contributed by atoms with Crippen LogP contribution in [0, 0.1) is 11.6 Å². The number of nitrogens with two attached hydrogens (primary N) is 1. The average molecular weight is 278 g/mol. The fourth-order valence-electron chi connectivity index (χ4n) is 1.64. The van der Waals surface area contributed by atoms with Crippen LogP contribution in [0.25, 0.3) is 0 Å². The lowest BCUT2D eigenvalue weighted by molar-refractivity contribution is 0.491. The first kappa shape index (κ1) is 15.0. The number of rotatable bonds is 5. The molecule has 3 N–H and O–H groups in total. The van der Waals surface area contributed by atoms with E-state index in [0.717, 1.165) is 24.5 Å². The molecular formula is C11H16F2N2O2S. The molecule has 0 heterocycles. The van der Waals surface area contributed by atoms with Crippen molar-refractivity contribution in [2.45, 2.75) is 24.6 Å². The average Bonchev–Trinajstić information content (AvgIpc) is 2.22. The maximum absolute atomic E-state index is 13.0. The summed E-state index contributed by atoms with van der Waals surface area (Å²) in [5.74, 6) is 3.89. The van der Waals surface area contributed by atoms with Crippen molar-refractivity contribution >= 4 is 9.84 Å². The standard InChI is InChI=1S/C11H16F2N2O2S/c1-7(18(2,16)17)11(15-14)5-8-3-9(12)6-10(13)4-8/h3-4,6-7,11,15H,5,14H2,1-2H3. The Labute approximate surface area is 105 Å². The second-order valence-corrected chi connectivity index (χ2v) is 6.69. The summed E-state index contributed by atoms with van der Waals surface area (Å²) in [6.07, 6.45) is 1.22. The van der Waals surface area contributed by atoms with Crippen molar-refractivity contribution in [3.05, 3.63) is 35.4 Å². The van der Waals surface area contributed by atoms with E-state index >= 15 is 0 Å². The van der Waals surface area contributed by atoms with Gasteiger partial charge in [0, 0.05) is 18.4 Å². The Bertz CT molecular complexity index is 500. The van der Waals surface area contributed by atoms with Gasteiger partial charge in [-0.2, -0.15) is 0 Å². The van der Waals surface area contributed by atoms with E-state index in [1.54, 1.807) is 0 Å². The van der Waals surface area contributed by atoms with Crippen molar-refractivity contribution in [1.29, 1.82) is 0 Å². The van der Waals surface area contributed by atoms with E-state index in [1.165, 1.54) is 6.92 Å². The number of hydrogen-bond donors (Lipinski definition) is 2. The highest BCUT2D eigenvalue weighted by atomic mass is 32.2. The van der Waals surface area contributed by atoms with Gasteiger partial charge in [-0.15, -0.1) is 0 Å². The minimum atomic E-state index is -3.28. The Morgan fingerprint density at radius 3 is 2.17 bits per heavy atom. The van der Waals surface area contributed by atoms with Gasteiger partial charge < -0.3 is 0 Å². The van der Waals surface area contributed by atoms with Crippen molar-refractivity contribution in [3.8, 4) is 0 Å². The number of hydrazine groups is 1. The Kier molecular flexibility index (Phi) is 4.78. The van der Waals surface area contributed by atoms with Crippen LogP contribution in [0.15, 0.2) is 18.2 Å². The minimum absolute atomic E-state index is 0.124. The lowest BCUT2D eigenvalue weighted by atomic mass is 10.0. The molecule has 0 aliphatic rings. The highest BCUT2D eigenvalue weighted by molar-refractivity contribution is 7.91. The van der Waals surface area contributed by atoms with Crippen molar-refractivity contribution in [2.75, 3.05) is 6.26 Å². The Hall–Kier alpha value is -1.05. The molecule has 18 heavy (non-hydrogen) atoms. The maximum atomic E-state index is 13.0. The molecule has 1 rings (SSSR count). The third kappa shape index (κ3) is 4.01. The van der Waals surface area contributed by atoms with E-state index in [2.05, 4.69) is 5.43 Å². The summed E-state index contributed by atoms with van der Waals surface area (Å²) in [5, 5.41) is -0.756. The zero-order chi connectivity index (χ0) is 13.9. The molecule has 0 radical (unpaired) electrons. The Morgan fingerprint density at radius 1 is 1.28 bits per heavy atom. The smallest absolute Gasteiger partial charge is 0.151 e. The highest BCUT2D eigenvalue weighted by Crippen LogP contribution is 2.14. The second kappa shape index (κ2) is 5.73.